The van der Waals surface area contributed by atoms with Gasteiger partial charge in [0.15, 0.2) is 0 Å². The molecule has 0 spiro atoms. The number of aryl methyl sites for hydroxylation is 2. The molecule has 6 heteroatoms. The molecule has 2 aromatic carbocycles. The van der Waals surface area contributed by atoms with Gasteiger partial charge in [0.1, 0.15) is 5.82 Å². The van der Waals surface area contributed by atoms with Crippen LogP contribution in [-0.2, 0) is 11.2 Å². The van der Waals surface area contributed by atoms with Crippen LogP contribution in [0.1, 0.15) is 16.8 Å². The standard InChI is InChI=1S/C24H27N5O/c1-18-8-10-21(11-9-18)26-22-16-19(2)25-24(27-22)29-14-12-28(13-15-29)23(30)17-20-6-4-3-5-7-20/h3-11,16H,12-15,17H2,1-2H3,(H,25,26,27). The van der Waals surface area contributed by atoms with E-state index in [-0.39, 0.29) is 5.91 Å². The topological polar surface area (TPSA) is 61.4 Å². The van der Waals surface area contributed by atoms with Crippen LogP contribution in [0.5, 0.6) is 0 Å². The van der Waals surface area contributed by atoms with E-state index in [0.29, 0.717) is 25.5 Å². The van der Waals surface area contributed by atoms with Gasteiger partial charge in [-0.25, -0.2) is 4.98 Å². The lowest BCUT2D eigenvalue weighted by atomic mass is 10.1. The van der Waals surface area contributed by atoms with E-state index >= 15 is 0 Å². The fourth-order valence-corrected chi connectivity index (χ4v) is 3.58. The van der Waals surface area contributed by atoms with Gasteiger partial charge in [-0.15, -0.1) is 0 Å². The highest BCUT2D eigenvalue weighted by Gasteiger charge is 2.23. The number of benzene rings is 2. The molecule has 1 fully saturated rings. The lowest BCUT2D eigenvalue weighted by Gasteiger charge is -2.35. The Kier molecular flexibility index (Phi) is 5.93. The van der Waals surface area contributed by atoms with E-state index in [1.165, 1.54) is 5.56 Å². The Bertz CT molecular complexity index is 996. The van der Waals surface area contributed by atoms with Crippen LogP contribution in [0, 0.1) is 13.8 Å². The first-order chi connectivity index (χ1) is 14.6. The lowest BCUT2D eigenvalue weighted by molar-refractivity contribution is -0.130. The maximum Gasteiger partial charge on any atom is 0.227 e. The minimum atomic E-state index is 0.174. The first-order valence-electron chi connectivity index (χ1n) is 10.3. The van der Waals surface area contributed by atoms with Gasteiger partial charge >= 0.3 is 0 Å². The molecule has 1 amide bonds. The molecule has 0 aliphatic carbocycles. The second kappa shape index (κ2) is 8.95. The van der Waals surface area contributed by atoms with Gasteiger partial charge in [-0.2, -0.15) is 4.98 Å². The summed E-state index contributed by atoms with van der Waals surface area (Å²) < 4.78 is 0. The highest BCUT2D eigenvalue weighted by atomic mass is 16.2. The van der Waals surface area contributed by atoms with Crippen molar-refractivity contribution in [3.05, 3.63) is 77.5 Å². The number of aromatic nitrogens is 2. The number of nitrogens with zero attached hydrogens (tertiary/aromatic N) is 4. The Morgan fingerprint density at radius 3 is 2.33 bits per heavy atom. The predicted octanol–water partition coefficient (Wildman–Crippen LogP) is 3.73. The molecule has 0 saturated carbocycles. The second-order valence-electron chi connectivity index (χ2n) is 7.72. The maximum atomic E-state index is 12.6. The summed E-state index contributed by atoms with van der Waals surface area (Å²) in [5, 5.41) is 3.36. The molecule has 3 aromatic rings. The Labute approximate surface area is 177 Å². The summed E-state index contributed by atoms with van der Waals surface area (Å²) in [6, 6.07) is 20.1. The van der Waals surface area contributed by atoms with Crippen LogP contribution in [0.15, 0.2) is 60.7 Å². The number of carbonyl (C=O) groups is 1. The molecule has 6 nitrogen and oxygen atoms in total. The molecule has 1 aliphatic heterocycles. The molecule has 2 heterocycles. The molecule has 1 aliphatic rings. The van der Waals surface area contributed by atoms with E-state index in [1.54, 1.807) is 0 Å². The van der Waals surface area contributed by atoms with Gasteiger partial charge in [0, 0.05) is 43.6 Å². The zero-order valence-electron chi connectivity index (χ0n) is 17.5. The number of piperazine rings is 1. The summed E-state index contributed by atoms with van der Waals surface area (Å²) in [5.41, 5.74) is 4.19. The quantitative estimate of drug-likeness (QED) is 0.706. The Hall–Kier alpha value is -3.41. The van der Waals surface area contributed by atoms with Crippen LogP contribution in [0.2, 0.25) is 0 Å². The largest absolute Gasteiger partial charge is 0.340 e. The lowest BCUT2D eigenvalue weighted by Crippen LogP contribution is -2.49. The zero-order valence-corrected chi connectivity index (χ0v) is 17.5. The number of amides is 1. The highest BCUT2D eigenvalue weighted by molar-refractivity contribution is 5.79. The monoisotopic (exact) mass is 401 g/mol. The Balaban J connectivity index is 1.38. The van der Waals surface area contributed by atoms with Crippen molar-refractivity contribution >= 4 is 23.4 Å². The van der Waals surface area contributed by atoms with Gasteiger partial charge in [0.05, 0.1) is 6.42 Å². The smallest absolute Gasteiger partial charge is 0.227 e. The van der Waals surface area contributed by atoms with Crippen LogP contribution in [0.4, 0.5) is 17.5 Å². The number of carbonyl (C=O) groups excluding carboxylic acids is 1. The van der Waals surface area contributed by atoms with E-state index in [0.717, 1.165) is 35.9 Å². The fraction of sp³-hybridized carbons (Fsp3) is 0.292. The van der Waals surface area contributed by atoms with E-state index in [9.17, 15) is 4.79 Å². The van der Waals surface area contributed by atoms with Crippen molar-refractivity contribution in [3.63, 3.8) is 0 Å². The van der Waals surface area contributed by atoms with E-state index in [4.69, 9.17) is 4.98 Å². The molecule has 0 atom stereocenters. The van der Waals surface area contributed by atoms with Gasteiger partial charge in [0.25, 0.3) is 0 Å². The molecule has 1 saturated heterocycles. The van der Waals surface area contributed by atoms with Crippen LogP contribution in [0.3, 0.4) is 0 Å². The van der Waals surface area contributed by atoms with E-state index in [2.05, 4.69) is 34.3 Å². The summed E-state index contributed by atoms with van der Waals surface area (Å²) in [6.07, 6.45) is 0.451. The van der Waals surface area contributed by atoms with Crippen LogP contribution in [-0.4, -0.2) is 47.0 Å². The van der Waals surface area contributed by atoms with Crippen molar-refractivity contribution in [1.82, 2.24) is 14.9 Å². The average molecular weight is 402 g/mol. The molecule has 0 bridgehead atoms. The molecular weight excluding hydrogens is 374 g/mol. The zero-order chi connectivity index (χ0) is 20.9. The number of anilines is 3. The van der Waals surface area contributed by atoms with E-state index in [1.807, 2.05) is 60.4 Å². The average Bonchev–Trinajstić information content (AvgIpc) is 2.76. The van der Waals surface area contributed by atoms with Crippen LogP contribution >= 0.6 is 0 Å². The Morgan fingerprint density at radius 1 is 0.933 bits per heavy atom. The van der Waals surface area contributed by atoms with Crippen molar-refractivity contribution in [1.29, 1.82) is 0 Å². The molecule has 154 valence electrons. The molecule has 4 rings (SSSR count). The summed E-state index contributed by atoms with van der Waals surface area (Å²) in [4.78, 5) is 26.0. The van der Waals surface area contributed by atoms with Crippen molar-refractivity contribution in [2.24, 2.45) is 0 Å². The van der Waals surface area contributed by atoms with Gasteiger partial charge in [-0.05, 0) is 31.5 Å². The first-order valence-corrected chi connectivity index (χ1v) is 10.3. The van der Waals surface area contributed by atoms with Crippen molar-refractivity contribution in [3.8, 4) is 0 Å². The SMILES string of the molecule is Cc1ccc(Nc2cc(C)nc(N3CCN(C(=O)Cc4ccccc4)CC3)n2)cc1. The molecule has 0 radical (unpaired) electrons. The third kappa shape index (κ3) is 4.95. The summed E-state index contributed by atoms with van der Waals surface area (Å²) in [5.74, 6) is 1.66. The summed E-state index contributed by atoms with van der Waals surface area (Å²) in [7, 11) is 0. The van der Waals surface area contributed by atoms with Gasteiger partial charge in [-0.3, -0.25) is 4.79 Å². The van der Waals surface area contributed by atoms with E-state index < -0.39 is 0 Å². The molecule has 1 N–H and O–H groups in total. The molecule has 0 unspecified atom stereocenters. The minimum absolute atomic E-state index is 0.174. The van der Waals surface area contributed by atoms with Gasteiger partial charge in [0.2, 0.25) is 11.9 Å². The van der Waals surface area contributed by atoms with Crippen molar-refractivity contribution < 1.29 is 4.79 Å². The third-order valence-electron chi connectivity index (χ3n) is 5.28. The first kappa shape index (κ1) is 19.9. The molecular formula is C24H27N5O. The van der Waals surface area contributed by atoms with Gasteiger partial charge in [-0.1, -0.05) is 48.0 Å². The predicted molar refractivity (Wildman–Crippen MR) is 120 cm³/mol. The highest BCUT2D eigenvalue weighted by Crippen LogP contribution is 2.20. The number of nitrogens with one attached hydrogen (secondary N) is 1. The van der Waals surface area contributed by atoms with Gasteiger partial charge < -0.3 is 15.1 Å². The number of hydrogen-bond acceptors (Lipinski definition) is 5. The summed E-state index contributed by atoms with van der Waals surface area (Å²) in [6.45, 7) is 6.88. The Morgan fingerprint density at radius 2 is 1.63 bits per heavy atom. The fourth-order valence-electron chi connectivity index (χ4n) is 3.58. The van der Waals surface area contributed by atoms with Crippen LogP contribution < -0.4 is 10.2 Å². The van der Waals surface area contributed by atoms with Crippen molar-refractivity contribution in [2.75, 3.05) is 36.4 Å². The third-order valence-corrected chi connectivity index (χ3v) is 5.28. The number of rotatable bonds is 5. The normalized spacial score (nSPS) is 13.9. The molecule has 1 aromatic heterocycles. The second-order valence-corrected chi connectivity index (χ2v) is 7.72. The number of hydrogen-bond donors (Lipinski definition) is 1. The maximum absolute atomic E-state index is 12.6. The minimum Gasteiger partial charge on any atom is -0.340 e. The van der Waals surface area contributed by atoms with Crippen LogP contribution in [0.25, 0.3) is 0 Å². The molecule has 30 heavy (non-hydrogen) atoms. The summed E-state index contributed by atoms with van der Waals surface area (Å²) >= 11 is 0. The van der Waals surface area contributed by atoms with Crippen molar-refractivity contribution in [2.45, 2.75) is 20.3 Å².